The summed E-state index contributed by atoms with van der Waals surface area (Å²) in [5.74, 6) is -1.90. The fourth-order valence-electron chi connectivity index (χ4n) is 1.21. The van der Waals surface area contributed by atoms with Crippen LogP contribution in [0.15, 0.2) is 34.9 Å². The molecule has 0 heterocycles. The Hall–Kier alpha value is -1.04. The van der Waals surface area contributed by atoms with E-state index in [1.807, 2.05) is 24.4 Å². The van der Waals surface area contributed by atoms with Crippen molar-refractivity contribution < 1.29 is 18.0 Å². The van der Waals surface area contributed by atoms with Crippen LogP contribution < -0.4 is 5.32 Å². The summed E-state index contributed by atoms with van der Waals surface area (Å²) in [4.78, 5) is 10.5. The third-order valence-electron chi connectivity index (χ3n) is 1.91. The second-order valence-corrected chi connectivity index (χ2v) is 4.54. The minimum atomic E-state index is -4.81. The molecule has 18 heavy (non-hydrogen) atoms. The number of nitrogens with one attached hydrogen (secondary N) is 1. The molecule has 0 aliphatic heterocycles. The Bertz CT molecular complexity index is 359. The molecule has 0 atom stereocenters. The molecule has 0 rings (SSSR count). The van der Waals surface area contributed by atoms with Gasteiger partial charge in [-0.2, -0.15) is 13.2 Å². The van der Waals surface area contributed by atoms with Crippen LogP contribution in [-0.2, 0) is 4.79 Å². The second-order valence-electron chi connectivity index (χ2n) is 3.52. The van der Waals surface area contributed by atoms with Gasteiger partial charge < -0.3 is 5.32 Å². The van der Waals surface area contributed by atoms with Gasteiger partial charge in [0.05, 0.1) is 0 Å². The highest BCUT2D eigenvalue weighted by Gasteiger charge is 2.38. The lowest BCUT2D eigenvalue weighted by Crippen LogP contribution is -2.37. The Morgan fingerprint density at radius 2 is 2.06 bits per heavy atom. The Labute approximate surface area is 113 Å². The second kappa shape index (κ2) is 8.13. The van der Waals surface area contributed by atoms with Crippen LogP contribution in [0, 0.1) is 0 Å². The van der Waals surface area contributed by atoms with E-state index in [9.17, 15) is 18.0 Å². The average molecular weight is 326 g/mol. The summed E-state index contributed by atoms with van der Waals surface area (Å²) in [5.41, 5.74) is 0.931. The standard InChI is InChI=1S/C12H15BrF3NO/c1-3-5-10(8-9(2)13)6-4-7-17-11(18)12(14,15)16/h3,5,8H,2,4,6-7H2,1H3,(H,17,18)/b5-3-,10-8+. The third kappa shape index (κ3) is 8.11. The summed E-state index contributed by atoms with van der Waals surface area (Å²) in [6, 6.07) is 0. The number of hydrogen-bond acceptors (Lipinski definition) is 1. The van der Waals surface area contributed by atoms with Gasteiger partial charge in [-0.1, -0.05) is 34.7 Å². The molecule has 0 radical (unpaired) electrons. The molecule has 102 valence electrons. The van der Waals surface area contributed by atoms with Gasteiger partial charge in [-0.05, 0) is 31.4 Å². The van der Waals surface area contributed by atoms with Crippen molar-refractivity contribution in [3.8, 4) is 0 Å². The Kier molecular flexibility index (Phi) is 7.66. The summed E-state index contributed by atoms with van der Waals surface area (Å²) >= 11 is 3.18. The first-order valence-corrected chi connectivity index (χ1v) is 6.09. The van der Waals surface area contributed by atoms with Crippen molar-refractivity contribution in [1.29, 1.82) is 0 Å². The molecule has 0 saturated carbocycles. The molecule has 0 saturated heterocycles. The van der Waals surface area contributed by atoms with Crippen LogP contribution in [-0.4, -0.2) is 18.6 Å². The van der Waals surface area contributed by atoms with Gasteiger partial charge in [0, 0.05) is 11.0 Å². The lowest BCUT2D eigenvalue weighted by atomic mass is 10.1. The van der Waals surface area contributed by atoms with E-state index in [1.165, 1.54) is 0 Å². The van der Waals surface area contributed by atoms with E-state index >= 15 is 0 Å². The van der Waals surface area contributed by atoms with Crippen molar-refractivity contribution in [3.05, 3.63) is 34.9 Å². The zero-order valence-electron chi connectivity index (χ0n) is 9.98. The Balaban J connectivity index is 4.10. The van der Waals surface area contributed by atoms with Crippen molar-refractivity contribution >= 4 is 21.8 Å². The topological polar surface area (TPSA) is 29.1 Å². The van der Waals surface area contributed by atoms with E-state index < -0.39 is 12.1 Å². The van der Waals surface area contributed by atoms with E-state index in [0.717, 1.165) is 5.57 Å². The fourth-order valence-corrected chi connectivity index (χ4v) is 1.51. The molecule has 0 fully saturated rings. The maximum atomic E-state index is 11.9. The van der Waals surface area contributed by atoms with Gasteiger partial charge in [-0.3, -0.25) is 4.79 Å². The fraction of sp³-hybridized carbons (Fsp3) is 0.417. The molecule has 0 spiro atoms. The maximum absolute atomic E-state index is 11.9. The maximum Gasteiger partial charge on any atom is 0.471 e. The van der Waals surface area contributed by atoms with Crippen LogP contribution in [0.5, 0.6) is 0 Å². The molecule has 2 nitrogen and oxygen atoms in total. The highest BCUT2D eigenvalue weighted by molar-refractivity contribution is 9.11. The summed E-state index contributed by atoms with van der Waals surface area (Å²) < 4.78 is 36.3. The number of halogens is 4. The first-order chi connectivity index (χ1) is 8.27. The number of alkyl halides is 3. The lowest BCUT2D eigenvalue weighted by Gasteiger charge is -2.08. The molecule has 6 heteroatoms. The molecule has 0 aromatic heterocycles. The summed E-state index contributed by atoms with van der Waals surface area (Å²) in [7, 11) is 0. The van der Waals surface area contributed by atoms with Gasteiger partial charge in [0.1, 0.15) is 0 Å². The Morgan fingerprint density at radius 1 is 1.44 bits per heavy atom. The molecule has 1 N–H and O–H groups in total. The van der Waals surface area contributed by atoms with E-state index in [2.05, 4.69) is 22.5 Å². The van der Waals surface area contributed by atoms with Crippen molar-refractivity contribution in [1.82, 2.24) is 5.32 Å². The molecule has 0 aliphatic carbocycles. The predicted molar refractivity (Wildman–Crippen MR) is 69.3 cm³/mol. The highest BCUT2D eigenvalue weighted by atomic mass is 79.9. The predicted octanol–water partition coefficient (Wildman–Crippen LogP) is 3.86. The highest BCUT2D eigenvalue weighted by Crippen LogP contribution is 2.15. The third-order valence-corrected chi connectivity index (χ3v) is 2.14. The lowest BCUT2D eigenvalue weighted by molar-refractivity contribution is -0.173. The van der Waals surface area contributed by atoms with Gasteiger partial charge >= 0.3 is 12.1 Å². The normalized spacial score (nSPS) is 12.8. The monoisotopic (exact) mass is 325 g/mol. The van der Waals surface area contributed by atoms with E-state index in [1.54, 1.807) is 6.08 Å². The number of allylic oxidation sites excluding steroid dienone is 5. The number of rotatable bonds is 6. The number of carbonyl (C=O) groups is 1. The number of carbonyl (C=O) groups excluding carboxylic acids is 1. The van der Waals surface area contributed by atoms with Crippen molar-refractivity contribution in [2.24, 2.45) is 0 Å². The number of amides is 1. The van der Waals surface area contributed by atoms with E-state index in [0.29, 0.717) is 17.3 Å². The minimum Gasteiger partial charge on any atom is -0.348 e. The van der Waals surface area contributed by atoms with Gasteiger partial charge in [0.15, 0.2) is 0 Å². The van der Waals surface area contributed by atoms with Gasteiger partial charge in [-0.15, -0.1) is 0 Å². The molecule has 1 amide bonds. The van der Waals surface area contributed by atoms with Crippen LogP contribution in [0.2, 0.25) is 0 Å². The largest absolute Gasteiger partial charge is 0.471 e. The van der Waals surface area contributed by atoms with Crippen molar-refractivity contribution in [3.63, 3.8) is 0 Å². The zero-order chi connectivity index (χ0) is 14.2. The summed E-state index contributed by atoms with van der Waals surface area (Å²) in [5, 5.41) is 1.82. The quantitative estimate of drug-likeness (QED) is 0.583. The van der Waals surface area contributed by atoms with Crippen LogP contribution in [0.3, 0.4) is 0 Å². The van der Waals surface area contributed by atoms with Gasteiger partial charge in [0.2, 0.25) is 0 Å². The SMILES string of the molecule is C=C(Br)/C=C(\C=C/C)CCCNC(=O)C(F)(F)F. The van der Waals surface area contributed by atoms with Crippen LogP contribution in [0.4, 0.5) is 13.2 Å². The smallest absolute Gasteiger partial charge is 0.348 e. The first-order valence-electron chi connectivity index (χ1n) is 5.30. The molecule has 0 aromatic carbocycles. The summed E-state index contributed by atoms with van der Waals surface area (Å²) in [6.45, 7) is 5.49. The molecular formula is C12H15BrF3NO. The molecular weight excluding hydrogens is 311 g/mol. The van der Waals surface area contributed by atoms with Gasteiger partial charge in [-0.25, -0.2) is 0 Å². The average Bonchev–Trinajstić information content (AvgIpc) is 2.21. The van der Waals surface area contributed by atoms with Crippen molar-refractivity contribution in [2.75, 3.05) is 6.54 Å². The first kappa shape index (κ1) is 17.0. The zero-order valence-corrected chi connectivity index (χ0v) is 11.6. The van der Waals surface area contributed by atoms with Crippen LogP contribution in [0.25, 0.3) is 0 Å². The van der Waals surface area contributed by atoms with E-state index in [4.69, 9.17) is 0 Å². The molecule has 0 unspecified atom stereocenters. The van der Waals surface area contributed by atoms with Crippen LogP contribution >= 0.6 is 15.9 Å². The number of hydrogen-bond donors (Lipinski definition) is 1. The van der Waals surface area contributed by atoms with Crippen LogP contribution in [0.1, 0.15) is 19.8 Å². The minimum absolute atomic E-state index is 0.0119. The Morgan fingerprint density at radius 3 is 2.50 bits per heavy atom. The molecule has 0 aliphatic rings. The molecule has 0 aromatic rings. The molecule has 0 bridgehead atoms. The van der Waals surface area contributed by atoms with Crippen molar-refractivity contribution in [2.45, 2.75) is 25.9 Å². The summed E-state index contributed by atoms with van der Waals surface area (Å²) in [6.07, 6.45) is 1.64. The van der Waals surface area contributed by atoms with Gasteiger partial charge in [0.25, 0.3) is 0 Å². The van der Waals surface area contributed by atoms with E-state index in [-0.39, 0.29) is 6.54 Å².